The largest absolute Gasteiger partial charge is 0.354 e. The second-order valence-corrected chi connectivity index (χ2v) is 13.1. The van der Waals surface area contributed by atoms with Crippen LogP contribution >= 0.6 is 0 Å². The third kappa shape index (κ3) is 8.57. The molecule has 45 heavy (non-hydrogen) atoms. The molecular weight excluding hydrogens is 589 g/mol. The minimum absolute atomic E-state index is 0.0277. The summed E-state index contributed by atoms with van der Waals surface area (Å²) in [6, 6.07) is 29.3. The molecule has 0 aliphatic rings. The number of hydrogen-bond acceptors (Lipinski definition) is 4. The van der Waals surface area contributed by atoms with Gasteiger partial charge in [0.2, 0.25) is 11.8 Å². The predicted molar refractivity (Wildman–Crippen MR) is 176 cm³/mol. The molecule has 0 fully saturated rings. The number of hydrogen-bond donors (Lipinski definition) is 1. The van der Waals surface area contributed by atoms with Crippen LogP contribution in [0.15, 0.2) is 114 Å². The van der Waals surface area contributed by atoms with E-state index in [9.17, 15) is 18.0 Å². The molecule has 236 valence electrons. The van der Waals surface area contributed by atoms with Crippen LogP contribution in [0, 0.1) is 11.7 Å². The van der Waals surface area contributed by atoms with Gasteiger partial charge in [-0.2, -0.15) is 0 Å². The van der Waals surface area contributed by atoms with Gasteiger partial charge in [-0.25, -0.2) is 12.8 Å². The second-order valence-electron chi connectivity index (χ2n) is 11.3. The first kappa shape index (κ1) is 33.4. The number of carbonyl (C=O) groups is 2. The van der Waals surface area contributed by atoms with E-state index in [1.807, 2.05) is 63.2 Å². The number of rotatable bonds is 14. The van der Waals surface area contributed by atoms with Gasteiger partial charge in [-0.1, -0.05) is 106 Å². The Morgan fingerprint density at radius 1 is 0.800 bits per heavy atom. The summed E-state index contributed by atoms with van der Waals surface area (Å²) in [7, 11) is -4.21. The van der Waals surface area contributed by atoms with Gasteiger partial charge in [0, 0.05) is 25.1 Å². The van der Waals surface area contributed by atoms with Crippen LogP contribution in [0.25, 0.3) is 0 Å². The molecule has 0 heterocycles. The highest BCUT2D eigenvalue weighted by Crippen LogP contribution is 2.28. The van der Waals surface area contributed by atoms with Crippen LogP contribution in [-0.4, -0.2) is 44.3 Å². The fourth-order valence-electron chi connectivity index (χ4n) is 5.07. The number of anilines is 1. The lowest BCUT2D eigenvalue weighted by Gasteiger charge is -2.34. The minimum atomic E-state index is -4.21. The molecule has 2 amide bonds. The first-order valence-corrected chi connectivity index (χ1v) is 16.6. The van der Waals surface area contributed by atoms with Crippen LogP contribution in [0.2, 0.25) is 0 Å². The van der Waals surface area contributed by atoms with E-state index in [-0.39, 0.29) is 29.3 Å². The number of sulfonamides is 1. The maximum atomic E-state index is 15.1. The third-order valence-corrected chi connectivity index (χ3v) is 9.28. The zero-order valence-electron chi connectivity index (χ0n) is 25.9. The molecule has 0 saturated heterocycles. The molecule has 0 spiro atoms. The number of nitrogens with zero attached hydrogens (tertiary/aromatic N) is 2. The summed E-state index contributed by atoms with van der Waals surface area (Å²) >= 11 is 0. The van der Waals surface area contributed by atoms with Crippen molar-refractivity contribution in [2.24, 2.45) is 5.92 Å². The summed E-state index contributed by atoms with van der Waals surface area (Å²) in [5.74, 6) is -1.41. The highest BCUT2D eigenvalue weighted by atomic mass is 32.2. The molecule has 0 bridgehead atoms. The molecule has 0 saturated carbocycles. The Labute approximate surface area is 265 Å². The lowest BCUT2D eigenvalue weighted by atomic mass is 10.0. The van der Waals surface area contributed by atoms with Crippen LogP contribution in [-0.2, 0) is 39.0 Å². The molecule has 9 heteroatoms. The zero-order chi connectivity index (χ0) is 32.4. The summed E-state index contributed by atoms with van der Waals surface area (Å²) in [5.41, 5.74) is 2.12. The van der Waals surface area contributed by atoms with Gasteiger partial charge in [0.05, 0.1) is 10.6 Å². The van der Waals surface area contributed by atoms with Crippen molar-refractivity contribution in [2.45, 2.75) is 51.1 Å². The van der Waals surface area contributed by atoms with Crippen molar-refractivity contribution in [2.75, 3.05) is 17.4 Å². The molecule has 4 aromatic rings. The molecule has 4 aromatic carbocycles. The Hall–Kier alpha value is -4.50. The summed E-state index contributed by atoms with van der Waals surface area (Å²) in [6.07, 6.45) is 0.681. The van der Waals surface area contributed by atoms with Crippen LogP contribution in [0.1, 0.15) is 37.5 Å². The van der Waals surface area contributed by atoms with E-state index >= 15 is 4.39 Å². The van der Waals surface area contributed by atoms with E-state index in [4.69, 9.17) is 0 Å². The first-order valence-electron chi connectivity index (χ1n) is 15.1. The van der Waals surface area contributed by atoms with Crippen LogP contribution in [0.5, 0.6) is 0 Å². The van der Waals surface area contributed by atoms with Gasteiger partial charge < -0.3 is 10.2 Å². The molecule has 1 N–H and O–H groups in total. The smallest absolute Gasteiger partial charge is 0.264 e. The van der Waals surface area contributed by atoms with Crippen molar-refractivity contribution < 1.29 is 22.4 Å². The number of benzene rings is 4. The standard InChI is InChI=1S/C36H40FN3O4S/c1-4-29-17-12-14-22-33(29)40(45(43,44)31-19-9-6-10-20-31)26-35(41)39(25-30-18-11-13-21-32(30)37)34(36(42)38-24-27(2)3)23-28-15-7-5-8-16-28/h5-22,27,34H,4,23-26H2,1-3H3,(H,38,42)/t34-/m0/s1. The van der Waals surface area contributed by atoms with E-state index in [0.717, 1.165) is 15.4 Å². The molecule has 0 aliphatic carbocycles. The van der Waals surface area contributed by atoms with Crippen molar-refractivity contribution in [3.05, 3.63) is 132 Å². The van der Waals surface area contributed by atoms with Crippen molar-refractivity contribution in [1.82, 2.24) is 10.2 Å². The second kappa shape index (κ2) is 15.5. The maximum Gasteiger partial charge on any atom is 0.264 e. The predicted octanol–water partition coefficient (Wildman–Crippen LogP) is 6.00. The lowest BCUT2D eigenvalue weighted by molar-refractivity contribution is -0.140. The summed E-state index contributed by atoms with van der Waals surface area (Å²) in [5, 5.41) is 2.94. The lowest BCUT2D eigenvalue weighted by Crippen LogP contribution is -2.54. The fraction of sp³-hybridized carbons (Fsp3) is 0.278. The van der Waals surface area contributed by atoms with Crippen LogP contribution in [0.4, 0.5) is 10.1 Å². The number of halogens is 1. The Morgan fingerprint density at radius 3 is 2.00 bits per heavy atom. The topological polar surface area (TPSA) is 86.8 Å². The van der Waals surface area contributed by atoms with Crippen molar-refractivity contribution in [3.8, 4) is 0 Å². The monoisotopic (exact) mass is 629 g/mol. The van der Waals surface area contributed by atoms with E-state index in [1.54, 1.807) is 48.5 Å². The van der Waals surface area contributed by atoms with E-state index in [1.165, 1.54) is 23.1 Å². The quantitative estimate of drug-likeness (QED) is 0.186. The molecule has 0 aromatic heterocycles. The van der Waals surface area contributed by atoms with Gasteiger partial charge in [-0.05, 0) is 47.7 Å². The summed E-state index contributed by atoms with van der Waals surface area (Å²) in [4.78, 5) is 29.7. The molecule has 0 aliphatic heterocycles. The van der Waals surface area contributed by atoms with Crippen molar-refractivity contribution in [1.29, 1.82) is 0 Å². The molecule has 4 rings (SSSR count). The van der Waals surface area contributed by atoms with Gasteiger partial charge in [0.25, 0.3) is 10.0 Å². The number of carbonyl (C=O) groups excluding carboxylic acids is 2. The zero-order valence-corrected chi connectivity index (χ0v) is 26.7. The van der Waals surface area contributed by atoms with Crippen LogP contribution < -0.4 is 9.62 Å². The Balaban J connectivity index is 1.83. The van der Waals surface area contributed by atoms with Crippen LogP contribution in [0.3, 0.4) is 0 Å². The van der Waals surface area contributed by atoms with Crippen molar-refractivity contribution in [3.63, 3.8) is 0 Å². The third-order valence-electron chi connectivity index (χ3n) is 7.51. The Kier molecular flexibility index (Phi) is 11.5. The summed E-state index contributed by atoms with van der Waals surface area (Å²) in [6.45, 7) is 5.40. The maximum absolute atomic E-state index is 15.1. The average molecular weight is 630 g/mol. The van der Waals surface area contributed by atoms with E-state index < -0.39 is 40.2 Å². The van der Waals surface area contributed by atoms with Crippen molar-refractivity contribution >= 4 is 27.5 Å². The van der Waals surface area contributed by atoms with Gasteiger partial charge in [-0.15, -0.1) is 0 Å². The summed E-state index contributed by atoms with van der Waals surface area (Å²) < 4.78 is 44.5. The highest BCUT2D eigenvalue weighted by molar-refractivity contribution is 7.92. The SMILES string of the molecule is CCc1ccccc1N(CC(=O)N(Cc1ccccc1F)[C@@H](Cc1ccccc1)C(=O)NCC(C)C)S(=O)(=O)c1ccccc1. The Morgan fingerprint density at radius 2 is 1.38 bits per heavy atom. The normalized spacial score (nSPS) is 12.0. The average Bonchev–Trinajstić information content (AvgIpc) is 3.05. The molecule has 0 unspecified atom stereocenters. The van der Waals surface area contributed by atoms with Gasteiger partial charge >= 0.3 is 0 Å². The number of nitrogens with one attached hydrogen (secondary N) is 1. The number of amides is 2. The van der Waals surface area contributed by atoms with E-state index in [0.29, 0.717) is 18.7 Å². The molecule has 0 radical (unpaired) electrons. The highest BCUT2D eigenvalue weighted by Gasteiger charge is 2.35. The van der Waals surface area contributed by atoms with E-state index in [2.05, 4.69) is 5.32 Å². The van der Waals surface area contributed by atoms with Gasteiger partial charge in [0.15, 0.2) is 0 Å². The minimum Gasteiger partial charge on any atom is -0.354 e. The fourth-order valence-corrected chi connectivity index (χ4v) is 6.55. The molecule has 1 atom stereocenters. The molecule has 7 nitrogen and oxygen atoms in total. The van der Waals surface area contributed by atoms with Gasteiger partial charge in [0.1, 0.15) is 18.4 Å². The molecular formula is C36H40FN3O4S. The number of para-hydroxylation sites is 1. The number of aryl methyl sites for hydroxylation is 1. The van der Waals surface area contributed by atoms with Gasteiger partial charge in [-0.3, -0.25) is 13.9 Å². The first-order chi connectivity index (χ1) is 21.6. The Bertz CT molecular complexity index is 1680.